The number of fused-ring (bicyclic) bond motifs is 1. The minimum Gasteiger partial charge on any atom is -0.352 e. The third kappa shape index (κ3) is 4.98. The average Bonchev–Trinajstić information content (AvgIpc) is 3.17. The molecule has 1 aliphatic carbocycles. The lowest BCUT2D eigenvalue weighted by Crippen LogP contribution is -2.64. The Morgan fingerprint density at radius 1 is 1.19 bits per heavy atom. The Kier molecular flexibility index (Phi) is 7.15. The molecule has 2 unspecified atom stereocenters. The summed E-state index contributed by atoms with van der Waals surface area (Å²) >= 11 is 6.06. The molecule has 0 spiro atoms. The second-order valence-electron chi connectivity index (χ2n) is 7.70. The van der Waals surface area contributed by atoms with Crippen molar-refractivity contribution in [3.05, 3.63) is 71.1 Å². The molecule has 8 heteroatoms. The van der Waals surface area contributed by atoms with Crippen LogP contribution in [0.15, 0.2) is 54.9 Å². The SMILES string of the molecule is Cl.NC1(C(=O)c2cc3cc(Cl)ccc3[nH]2)CCCCC1NC(=O)C=Cc1ccncc1. The lowest BCUT2D eigenvalue weighted by molar-refractivity contribution is -0.117. The van der Waals surface area contributed by atoms with Crippen LogP contribution in [-0.4, -0.2) is 33.2 Å². The molecule has 162 valence electrons. The number of hydrogen-bond donors (Lipinski definition) is 3. The predicted octanol–water partition coefficient (Wildman–Crippen LogP) is 4.29. The van der Waals surface area contributed by atoms with E-state index in [1.807, 2.05) is 18.2 Å². The van der Waals surface area contributed by atoms with Crippen molar-refractivity contribution in [2.75, 3.05) is 0 Å². The van der Waals surface area contributed by atoms with Gasteiger partial charge in [0.1, 0.15) is 5.54 Å². The summed E-state index contributed by atoms with van der Waals surface area (Å²) in [5, 5.41) is 4.41. The van der Waals surface area contributed by atoms with Gasteiger partial charge >= 0.3 is 0 Å². The Hall–Kier alpha value is -2.67. The topological polar surface area (TPSA) is 101 Å². The summed E-state index contributed by atoms with van der Waals surface area (Å²) in [4.78, 5) is 33.0. The van der Waals surface area contributed by atoms with Gasteiger partial charge in [-0.15, -0.1) is 12.4 Å². The van der Waals surface area contributed by atoms with Gasteiger partial charge in [0, 0.05) is 34.4 Å². The highest BCUT2D eigenvalue weighted by molar-refractivity contribution is 6.31. The lowest BCUT2D eigenvalue weighted by Gasteiger charge is -2.39. The van der Waals surface area contributed by atoms with E-state index in [0.717, 1.165) is 29.3 Å². The van der Waals surface area contributed by atoms with E-state index in [0.29, 0.717) is 23.6 Å². The number of ketones is 1. The number of carbonyl (C=O) groups excluding carboxylic acids is 2. The Morgan fingerprint density at radius 2 is 1.97 bits per heavy atom. The summed E-state index contributed by atoms with van der Waals surface area (Å²) in [5.74, 6) is -0.470. The van der Waals surface area contributed by atoms with Gasteiger partial charge in [-0.1, -0.05) is 24.4 Å². The number of benzene rings is 1. The standard InChI is InChI=1S/C23H23ClN4O2.ClH/c24-17-5-6-18-16(13-17)14-19(27-18)22(30)23(25)10-2-1-3-20(23)28-21(29)7-4-15-8-11-26-12-9-15;/h4-9,11-14,20,27H,1-3,10,25H2,(H,28,29);1H. The van der Waals surface area contributed by atoms with E-state index in [9.17, 15) is 9.59 Å². The first-order chi connectivity index (χ1) is 14.5. The van der Waals surface area contributed by atoms with Crippen LogP contribution < -0.4 is 11.1 Å². The van der Waals surface area contributed by atoms with Crippen molar-refractivity contribution in [2.45, 2.75) is 37.3 Å². The van der Waals surface area contributed by atoms with E-state index in [-0.39, 0.29) is 24.1 Å². The third-order valence-electron chi connectivity index (χ3n) is 5.65. The Labute approximate surface area is 191 Å². The fraction of sp³-hybridized carbons (Fsp3) is 0.261. The van der Waals surface area contributed by atoms with E-state index in [1.54, 1.807) is 36.7 Å². The highest BCUT2D eigenvalue weighted by atomic mass is 35.5. The summed E-state index contributed by atoms with van der Waals surface area (Å²) in [6.45, 7) is 0. The Bertz CT molecular complexity index is 1110. The van der Waals surface area contributed by atoms with E-state index in [1.165, 1.54) is 6.08 Å². The molecule has 0 saturated heterocycles. The van der Waals surface area contributed by atoms with Gasteiger partial charge in [0.15, 0.2) is 0 Å². The number of rotatable bonds is 5. The number of amides is 1. The Morgan fingerprint density at radius 3 is 2.74 bits per heavy atom. The van der Waals surface area contributed by atoms with Gasteiger partial charge in [-0.3, -0.25) is 14.6 Å². The molecule has 1 fully saturated rings. The lowest BCUT2D eigenvalue weighted by atomic mass is 9.74. The van der Waals surface area contributed by atoms with E-state index in [4.69, 9.17) is 17.3 Å². The van der Waals surface area contributed by atoms with Crippen LogP contribution in [0.5, 0.6) is 0 Å². The van der Waals surface area contributed by atoms with Gasteiger partial charge in [0.25, 0.3) is 0 Å². The number of nitrogens with zero attached hydrogens (tertiary/aromatic N) is 1. The molecule has 1 amide bonds. The molecule has 2 atom stereocenters. The molecule has 0 radical (unpaired) electrons. The number of aromatic amines is 1. The summed E-state index contributed by atoms with van der Waals surface area (Å²) in [5.41, 5.74) is 7.61. The van der Waals surface area contributed by atoms with Crippen LogP contribution in [-0.2, 0) is 4.79 Å². The number of H-pyrrole nitrogens is 1. The number of halogens is 2. The quantitative estimate of drug-likeness (QED) is 0.391. The first-order valence-electron chi connectivity index (χ1n) is 9.96. The van der Waals surface area contributed by atoms with Crippen molar-refractivity contribution in [1.82, 2.24) is 15.3 Å². The number of Topliss-reactive ketones (excluding diaryl/α,β-unsaturated/α-hetero) is 1. The Balaban J connectivity index is 0.00000272. The summed E-state index contributed by atoms with van der Waals surface area (Å²) in [7, 11) is 0. The van der Waals surface area contributed by atoms with Crippen molar-refractivity contribution >= 4 is 52.7 Å². The van der Waals surface area contributed by atoms with E-state index >= 15 is 0 Å². The van der Waals surface area contributed by atoms with Gasteiger partial charge in [-0.25, -0.2) is 0 Å². The van der Waals surface area contributed by atoms with Crippen LogP contribution in [0, 0.1) is 0 Å². The number of aromatic nitrogens is 2. The molecular formula is C23H24Cl2N4O2. The first kappa shape index (κ1) is 23.0. The van der Waals surface area contributed by atoms with Crippen LogP contribution in [0.3, 0.4) is 0 Å². The maximum Gasteiger partial charge on any atom is 0.244 e. The number of nitrogens with one attached hydrogen (secondary N) is 2. The van der Waals surface area contributed by atoms with Crippen LogP contribution in [0.1, 0.15) is 41.7 Å². The second kappa shape index (κ2) is 9.64. The molecule has 0 aliphatic heterocycles. The number of nitrogens with two attached hydrogens (primary N) is 1. The zero-order valence-corrected chi connectivity index (χ0v) is 18.4. The molecule has 2 aromatic heterocycles. The monoisotopic (exact) mass is 458 g/mol. The van der Waals surface area contributed by atoms with Crippen molar-refractivity contribution in [3.63, 3.8) is 0 Å². The predicted molar refractivity (Wildman–Crippen MR) is 125 cm³/mol. The highest BCUT2D eigenvalue weighted by Gasteiger charge is 2.45. The van der Waals surface area contributed by atoms with Gasteiger partial charge in [-0.05, 0) is 60.9 Å². The molecule has 1 aliphatic rings. The number of pyridine rings is 1. The first-order valence-corrected chi connectivity index (χ1v) is 10.3. The zero-order valence-electron chi connectivity index (χ0n) is 16.8. The van der Waals surface area contributed by atoms with Gasteiger partial charge in [-0.2, -0.15) is 0 Å². The molecule has 0 bridgehead atoms. The van der Waals surface area contributed by atoms with Crippen molar-refractivity contribution in [2.24, 2.45) is 5.73 Å². The third-order valence-corrected chi connectivity index (χ3v) is 5.89. The molecule has 2 heterocycles. The van der Waals surface area contributed by atoms with Crippen LogP contribution >= 0.6 is 24.0 Å². The van der Waals surface area contributed by atoms with Gasteiger partial charge in [0.2, 0.25) is 11.7 Å². The second-order valence-corrected chi connectivity index (χ2v) is 8.14. The van der Waals surface area contributed by atoms with Gasteiger partial charge < -0.3 is 16.0 Å². The van der Waals surface area contributed by atoms with Crippen LogP contribution in [0.4, 0.5) is 0 Å². The normalized spacial score (nSPS) is 21.0. The molecule has 1 saturated carbocycles. The molecule has 4 N–H and O–H groups in total. The fourth-order valence-corrected chi connectivity index (χ4v) is 4.19. The number of carbonyl (C=O) groups is 2. The van der Waals surface area contributed by atoms with Crippen molar-refractivity contribution in [3.8, 4) is 0 Å². The minimum absolute atomic E-state index is 0. The summed E-state index contributed by atoms with van der Waals surface area (Å²) in [6.07, 6.45) is 9.41. The van der Waals surface area contributed by atoms with Crippen LogP contribution in [0.2, 0.25) is 5.02 Å². The smallest absolute Gasteiger partial charge is 0.244 e. The molecule has 6 nitrogen and oxygen atoms in total. The molecule has 31 heavy (non-hydrogen) atoms. The van der Waals surface area contributed by atoms with Crippen molar-refractivity contribution in [1.29, 1.82) is 0 Å². The highest BCUT2D eigenvalue weighted by Crippen LogP contribution is 2.31. The largest absolute Gasteiger partial charge is 0.352 e. The van der Waals surface area contributed by atoms with Crippen molar-refractivity contribution < 1.29 is 9.59 Å². The van der Waals surface area contributed by atoms with E-state index < -0.39 is 11.6 Å². The molecule has 3 aromatic rings. The maximum absolute atomic E-state index is 13.4. The molecule has 4 rings (SSSR count). The van der Waals surface area contributed by atoms with E-state index in [2.05, 4.69) is 15.3 Å². The van der Waals surface area contributed by atoms with Gasteiger partial charge in [0.05, 0.1) is 11.7 Å². The summed E-state index contributed by atoms with van der Waals surface area (Å²) in [6, 6.07) is 10.4. The summed E-state index contributed by atoms with van der Waals surface area (Å²) < 4.78 is 0. The minimum atomic E-state index is -1.16. The molecular weight excluding hydrogens is 435 g/mol. The number of hydrogen-bond acceptors (Lipinski definition) is 4. The fourth-order valence-electron chi connectivity index (χ4n) is 4.01. The van der Waals surface area contributed by atoms with Crippen LogP contribution in [0.25, 0.3) is 17.0 Å². The maximum atomic E-state index is 13.4. The zero-order chi connectivity index (χ0) is 21.1. The average molecular weight is 459 g/mol. The molecule has 1 aromatic carbocycles.